The highest BCUT2D eigenvalue weighted by atomic mass is 16.5. The van der Waals surface area contributed by atoms with E-state index in [9.17, 15) is 10.4 Å². The molecule has 3 aromatic rings. The molecule has 0 aliphatic carbocycles. The second-order valence-corrected chi connectivity index (χ2v) is 4.68. The standard InChI is InChI=1S/C17H13NO3/c1-11(19)12-6-2-4-8-14(12)21-17-13-7-3-5-9-15(13)20-16(17)10-18/h2-9,11,19H,1H3/t11-/m0/s1. The summed E-state index contributed by atoms with van der Waals surface area (Å²) in [6, 6.07) is 16.5. The number of nitrogens with zero attached hydrogens (tertiary/aromatic N) is 1. The molecule has 3 rings (SSSR count). The topological polar surface area (TPSA) is 66.4 Å². The van der Waals surface area contributed by atoms with Crippen LogP contribution in [-0.2, 0) is 0 Å². The number of nitriles is 1. The SMILES string of the molecule is C[C@H](O)c1ccccc1Oc1c(C#N)oc2ccccc12. The van der Waals surface area contributed by atoms with Crippen molar-refractivity contribution in [2.75, 3.05) is 0 Å². The van der Waals surface area contributed by atoms with Crippen LogP contribution in [0.3, 0.4) is 0 Å². The minimum Gasteiger partial charge on any atom is -0.451 e. The lowest BCUT2D eigenvalue weighted by Gasteiger charge is -2.12. The van der Waals surface area contributed by atoms with Crippen LogP contribution in [0.5, 0.6) is 11.5 Å². The number of hydrogen-bond donors (Lipinski definition) is 1. The van der Waals surface area contributed by atoms with Crippen molar-refractivity contribution >= 4 is 11.0 Å². The van der Waals surface area contributed by atoms with E-state index in [1.165, 1.54) is 0 Å². The number of hydrogen-bond acceptors (Lipinski definition) is 4. The summed E-state index contributed by atoms with van der Waals surface area (Å²) < 4.78 is 11.3. The van der Waals surface area contributed by atoms with Gasteiger partial charge in [0.15, 0.2) is 5.75 Å². The Balaban J connectivity index is 2.13. The molecule has 1 heterocycles. The van der Waals surface area contributed by atoms with Crippen LogP contribution < -0.4 is 4.74 Å². The summed E-state index contributed by atoms with van der Waals surface area (Å²) in [7, 11) is 0. The van der Waals surface area contributed by atoms with Gasteiger partial charge in [-0.2, -0.15) is 5.26 Å². The first-order valence-electron chi connectivity index (χ1n) is 6.57. The van der Waals surface area contributed by atoms with Crippen LogP contribution >= 0.6 is 0 Å². The second-order valence-electron chi connectivity index (χ2n) is 4.68. The second kappa shape index (κ2) is 5.31. The lowest BCUT2D eigenvalue weighted by atomic mass is 10.1. The maximum atomic E-state index is 9.80. The molecule has 0 saturated carbocycles. The average Bonchev–Trinajstić information content (AvgIpc) is 2.86. The van der Waals surface area contributed by atoms with E-state index in [1.54, 1.807) is 25.1 Å². The molecule has 0 amide bonds. The molecule has 0 bridgehead atoms. The van der Waals surface area contributed by atoms with Gasteiger partial charge in [-0.05, 0) is 25.1 Å². The molecule has 0 aliphatic heterocycles. The maximum absolute atomic E-state index is 9.80. The van der Waals surface area contributed by atoms with Gasteiger partial charge < -0.3 is 14.3 Å². The predicted molar refractivity (Wildman–Crippen MR) is 78.1 cm³/mol. The van der Waals surface area contributed by atoms with Crippen LogP contribution in [0.2, 0.25) is 0 Å². The number of furan rings is 1. The van der Waals surface area contributed by atoms with E-state index in [0.717, 1.165) is 5.39 Å². The molecule has 0 spiro atoms. The average molecular weight is 279 g/mol. The highest BCUT2D eigenvalue weighted by Crippen LogP contribution is 2.37. The highest BCUT2D eigenvalue weighted by Gasteiger charge is 2.18. The van der Waals surface area contributed by atoms with Crippen molar-refractivity contribution in [2.24, 2.45) is 0 Å². The Labute approximate surface area is 121 Å². The number of para-hydroxylation sites is 2. The summed E-state index contributed by atoms with van der Waals surface area (Å²) in [5, 5.41) is 19.7. The third-order valence-electron chi connectivity index (χ3n) is 3.23. The summed E-state index contributed by atoms with van der Waals surface area (Å²) in [5.41, 5.74) is 1.25. The summed E-state index contributed by atoms with van der Waals surface area (Å²) in [6.45, 7) is 1.67. The van der Waals surface area contributed by atoms with Crippen molar-refractivity contribution < 1.29 is 14.3 Å². The van der Waals surface area contributed by atoms with E-state index in [-0.39, 0.29) is 5.76 Å². The molecule has 1 N–H and O–H groups in total. The Kier molecular flexibility index (Phi) is 3.35. The molecule has 0 saturated heterocycles. The van der Waals surface area contributed by atoms with Crippen molar-refractivity contribution in [3.63, 3.8) is 0 Å². The van der Waals surface area contributed by atoms with Gasteiger partial charge in [0.1, 0.15) is 17.4 Å². The number of rotatable bonds is 3. The third kappa shape index (κ3) is 2.35. The van der Waals surface area contributed by atoms with Crippen LogP contribution in [0.15, 0.2) is 52.9 Å². The fourth-order valence-electron chi connectivity index (χ4n) is 2.23. The Hall–Kier alpha value is -2.77. The van der Waals surface area contributed by atoms with Crippen molar-refractivity contribution in [2.45, 2.75) is 13.0 Å². The highest BCUT2D eigenvalue weighted by molar-refractivity contribution is 5.86. The Bertz CT molecular complexity index is 827. The van der Waals surface area contributed by atoms with Gasteiger partial charge in [0.2, 0.25) is 5.76 Å². The first kappa shape index (κ1) is 13.2. The molecular weight excluding hydrogens is 266 g/mol. The van der Waals surface area contributed by atoms with Crippen LogP contribution in [-0.4, -0.2) is 5.11 Å². The van der Waals surface area contributed by atoms with Gasteiger partial charge in [-0.3, -0.25) is 0 Å². The number of aliphatic hydroxyl groups excluding tert-OH is 1. The van der Waals surface area contributed by atoms with Crippen molar-refractivity contribution in [3.05, 3.63) is 59.9 Å². The van der Waals surface area contributed by atoms with Gasteiger partial charge in [0, 0.05) is 5.56 Å². The first-order valence-corrected chi connectivity index (χ1v) is 6.57. The third-order valence-corrected chi connectivity index (χ3v) is 3.23. The molecule has 1 aromatic heterocycles. The lowest BCUT2D eigenvalue weighted by Crippen LogP contribution is -1.96. The van der Waals surface area contributed by atoms with Gasteiger partial charge >= 0.3 is 0 Å². The number of benzene rings is 2. The number of aliphatic hydroxyl groups is 1. The van der Waals surface area contributed by atoms with Crippen molar-refractivity contribution in [1.82, 2.24) is 0 Å². The summed E-state index contributed by atoms with van der Waals surface area (Å²) in [4.78, 5) is 0. The lowest BCUT2D eigenvalue weighted by molar-refractivity contribution is 0.195. The molecule has 0 radical (unpaired) electrons. The number of ether oxygens (including phenoxy) is 1. The maximum Gasteiger partial charge on any atom is 0.247 e. The predicted octanol–water partition coefficient (Wildman–Crippen LogP) is 4.15. The summed E-state index contributed by atoms with van der Waals surface area (Å²) >= 11 is 0. The monoisotopic (exact) mass is 279 g/mol. The summed E-state index contributed by atoms with van der Waals surface area (Å²) in [6.07, 6.45) is -0.662. The minimum atomic E-state index is -0.662. The van der Waals surface area contributed by atoms with E-state index in [1.807, 2.05) is 36.4 Å². The smallest absolute Gasteiger partial charge is 0.247 e. The molecule has 4 nitrogen and oxygen atoms in total. The van der Waals surface area contributed by atoms with Crippen LogP contribution in [0, 0.1) is 11.3 Å². The Morgan fingerprint density at radius 2 is 1.86 bits per heavy atom. The molecule has 4 heteroatoms. The Morgan fingerprint density at radius 3 is 2.62 bits per heavy atom. The molecule has 104 valence electrons. The van der Waals surface area contributed by atoms with Gasteiger partial charge in [0.05, 0.1) is 11.5 Å². The van der Waals surface area contributed by atoms with E-state index >= 15 is 0 Å². The first-order chi connectivity index (χ1) is 10.2. The van der Waals surface area contributed by atoms with Crippen LogP contribution in [0.25, 0.3) is 11.0 Å². The van der Waals surface area contributed by atoms with Gasteiger partial charge in [0.25, 0.3) is 0 Å². The fraction of sp³-hybridized carbons (Fsp3) is 0.118. The van der Waals surface area contributed by atoms with Crippen molar-refractivity contribution in [3.8, 4) is 17.6 Å². The van der Waals surface area contributed by atoms with Crippen molar-refractivity contribution in [1.29, 1.82) is 5.26 Å². The molecule has 0 fully saturated rings. The zero-order chi connectivity index (χ0) is 14.8. The van der Waals surface area contributed by atoms with E-state index < -0.39 is 6.10 Å². The van der Waals surface area contributed by atoms with E-state index in [2.05, 4.69) is 0 Å². The van der Waals surface area contributed by atoms with E-state index in [0.29, 0.717) is 22.6 Å². The molecule has 0 unspecified atom stereocenters. The molecule has 2 aromatic carbocycles. The zero-order valence-corrected chi connectivity index (χ0v) is 11.4. The van der Waals surface area contributed by atoms with Gasteiger partial charge in [-0.15, -0.1) is 0 Å². The Morgan fingerprint density at radius 1 is 1.14 bits per heavy atom. The largest absolute Gasteiger partial charge is 0.451 e. The molecule has 21 heavy (non-hydrogen) atoms. The molecular formula is C17H13NO3. The van der Waals surface area contributed by atoms with Gasteiger partial charge in [-0.1, -0.05) is 30.3 Å². The minimum absolute atomic E-state index is 0.122. The van der Waals surface area contributed by atoms with E-state index in [4.69, 9.17) is 9.15 Å². The molecule has 1 atom stereocenters. The number of fused-ring (bicyclic) bond motifs is 1. The zero-order valence-electron chi connectivity index (χ0n) is 11.4. The van der Waals surface area contributed by atoms with Gasteiger partial charge in [-0.25, -0.2) is 0 Å². The fourth-order valence-corrected chi connectivity index (χ4v) is 2.23. The quantitative estimate of drug-likeness (QED) is 0.782. The normalized spacial score (nSPS) is 12.0. The van der Waals surface area contributed by atoms with Crippen LogP contribution in [0.1, 0.15) is 24.4 Å². The molecule has 0 aliphatic rings. The van der Waals surface area contributed by atoms with Crippen LogP contribution in [0.4, 0.5) is 0 Å². The summed E-state index contributed by atoms with van der Waals surface area (Å²) in [5.74, 6) is 1.01.